The fourth-order valence-electron chi connectivity index (χ4n) is 3.13. The number of carbonyl (C=O) groups excluding carboxylic acids is 1. The molecule has 0 fully saturated rings. The van der Waals surface area contributed by atoms with E-state index in [1.165, 1.54) is 35.2 Å². The maximum atomic E-state index is 12.2. The molecule has 0 aliphatic rings. The number of amides is 1. The van der Waals surface area contributed by atoms with Crippen LogP contribution in [-0.2, 0) is 11.3 Å². The van der Waals surface area contributed by atoms with Gasteiger partial charge in [0.15, 0.2) is 11.4 Å². The number of aryl methyl sites for hydroxylation is 1. The second kappa shape index (κ2) is 8.57. The normalized spacial score (nSPS) is 10.8. The van der Waals surface area contributed by atoms with Crippen molar-refractivity contribution in [2.45, 2.75) is 19.4 Å². The van der Waals surface area contributed by atoms with E-state index in [4.69, 9.17) is 4.42 Å². The molecule has 4 aromatic rings. The number of nitro benzene ring substituents is 1. The van der Waals surface area contributed by atoms with Gasteiger partial charge in [-0.15, -0.1) is 0 Å². The number of non-ortho nitro benzene ring substituents is 1. The zero-order valence-corrected chi connectivity index (χ0v) is 16.2. The summed E-state index contributed by atoms with van der Waals surface area (Å²) in [5.41, 5.74) is 1.78. The highest BCUT2D eigenvalue weighted by Crippen LogP contribution is 2.20. The summed E-state index contributed by atoms with van der Waals surface area (Å²) in [6, 6.07) is 13.5. The van der Waals surface area contributed by atoms with Gasteiger partial charge in [0, 0.05) is 24.6 Å². The topological polar surface area (TPSA) is 133 Å². The molecule has 31 heavy (non-hydrogen) atoms. The largest absolute Gasteiger partial charge is 0.419 e. The van der Waals surface area contributed by atoms with Crippen LogP contribution in [0.1, 0.15) is 12.8 Å². The number of nitrogens with one attached hydrogen (secondary N) is 1. The van der Waals surface area contributed by atoms with Crippen LogP contribution in [0.4, 0.5) is 11.4 Å². The number of carbonyl (C=O) groups is 1. The van der Waals surface area contributed by atoms with E-state index in [-0.39, 0.29) is 30.1 Å². The van der Waals surface area contributed by atoms with Gasteiger partial charge >= 0.3 is 5.76 Å². The van der Waals surface area contributed by atoms with Crippen LogP contribution in [0.3, 0.4) is 0 Å². The molecule has 156 valence electrons. The Bertz CT molecular complexity index is 1300. The van der Waals surface area contributed by atoms with E-state index in [0.29, 0.717) is 23.4 Å². The van der Waals surface area contributed by atoms with Gasteiger partial charge in [0.05, 0.1) is 34.6 Å². The molecule has 0 spiro atoms. The van der Waals surface area contributed by atoms with E-state index in [2.05, 4.69) is 15.3 Å². The number of benzene rings is 2. The van der Waals surface area contributed by atoms with Gasteiger partial charge in [0.25, 0.3) is 5.69 Å². The summed E-state index contributed by atoms with van der Waals surface area (Å²) < 4.78 is 6.43. The SMILES string of the molecule is O=C(CCCn1c(=O)oc2cc([N+](=O)[O-])ccc21)Nc1cnc(-c2ccccc2)nc1. The van der Waals surface area contributed by atoms with Gasteiger partial charge in [0.2, 0.25) is 5.91 Å². The summed E-state index contributed by atoms with van der Waals surface area (Å²) in [4.78, 5) is 43.1. The third-order valence-corrected chi connectivity index (χ3v) is 4.62. The minimum absolute atomic E-state index is 0.138. The van der Waals surface area contributed by atoms with Gasteiger partial charge < -0.3 is 9.73 Å². The molecule has 0 radical (unpaired) electrons. The molecule has 4 rings (SSSR count). The van der Waals surface area contributed by atoms with Gasteiger partial charge in [-0.25, -0.2) is 14.8 Å². The average Bonchev–Trinajstić information content (AvgIpc) is 3.09. The lowest BCUT2D eigenvalue weighted by Gasteiger charge is -2.06. The number of nitro groups is 1. The van der Waals surface area contributed by atoms with Crippen molar-refractivity contribution < 1.29 is 14.1 Å². The van der Waals surface area contributed by atoms with Crippen LogP contribution in [0.15, 0.2) is 70.1 Å². The summed E-state index contributed by atoms with van der Waals surface area (Å²) in [6.07, 6.45) is 3.61. The number of nitrogens with zero attached hydrogens (tertiary/aromatic N) is 4. The van der Waals surface area contributed by atoms with Crippen LogP contribution in [0.5, 0.6) is 0 Å². The van der Waals surface area contributed by atoms with Crippen molar-refractivity contribution in [1.82, 2.24) is 14.5 Å². The molecule has 10 heteroatoms. The minimum atomic E-state index is -0.624. The number of hydrogen-bond acceptors (Lipinski definition) is 7. The molecule has 2 aromatic heterocycles. The predicted molar refractivity (Wildman–Crippen MR) is 112 cm³/mol. The highest BCUT2D eigenvalue weighted by molar-refractivity contribution is 5.90. The van der Waals surface area contributed by atoms with Crippen molar-refractivity contribution >= 4 is 28.4 Å². The fraction of sp³-hybridized carbons (Fsp3) is 0.143. The Balaban J connectivity index is 1.35. The van der Waals surface area contributed by atoms with Crippen molar-refractivity contribution in [2.24, 2.45) is 0 Å². The van der Waals surface area contributed by atoms with E-state index in [0.717, 1.165) is 5.56 Å². The average molecular weight is 419 g/mol. The maximum absolute atomic E-state index is 12.2. The molecule has 0 atom stereocenters. The lowest BCUT2D eigenvalue weighted by Crippen LogP contribution is -2.17. The van der Waals surface area contributed by atoms with E-state index < -0.39 is 10.7 Å². The third-order valence-electron chi connectivity index (χ3n) is 4.62. The number of anilines is 1. The fourth-order valence-corrected chi connectivity index (χ4v) is 3.13. The molecule has 0 unspecified atom stereocenters. The van der Waals surface area contributed by atoms with Crippen molar-refractivity contribution in [3.8, 4) is 11.4 Å². The summed E-state index contributed by atoms with van der Waals surface area (Å²) in [5.74, 6) is -0.307. The second-order valence-electron chi connectivity index (χ2n) is 6.74. The Morgan fingerprint density at radius 3 is 2.58 bits per heavy atom. The Hall–Kier alpha value is -4.34. The molecule has 2 aromatic carbocycles. The monoisotopic (exact) mass is 419 g/mol. The van der Waals surface area contributed by atoms with Crippen molar-refractivity contribution in [3.63, 3.8) is 0 Å². The summed E-state index contributed by atoms with van der Waals surface area (Å²) >= 11 is 0. The molecule has 0 bridgehead atoms. The smallest absolute Gasteiger partial charge is 0.407 e. The summed E-state index contributed by atoms with van der Waals surface area (Å²) in [7, 11) is 0. The first kappa shape index (κ1) is 20.0. The van der Waals surface area contributed by atoms with Crippen LogP contribution >= 0.6 is 0 Å². The molecule has 0 aliphatic heterocycles. The Kier molecular flexibility index (Phi) is 5.52. The van der Waals surface area contributed by atoms with Crippen LogP contribution in [-0.4, -0.2) is 25.4 Å². The zero-order chi connectivity index (χ0) is 21.8. The van der Waals surface area contributed by atoms with Crippen LogP contribution in [0, 0.1) is 10.1 Å². The van der Waals surface area contributed by atoms with Gasteiger partial charge in [-0.3, -0.25) is 19.5 Å². The van der Waals surface area contributed by atoms with Crippen LogP contribution < -0.4 is 11.1 Å². The molecule has 0 saturated heterocycles. The second-order valence-corrected chi connectivity index (χ2v) is 6.74. The maximum Gasteiger partial charge on any atom is 0.419 e. The van der Waals surface area contributed by atoms with E-state index in [1.807, 2.05) is 30.3 Å². The number of rotatable bonds is 7. The Morgan fingerprint density at radius 1 is 1.13 bits per heavy atom. The van der Waals surface area contributed by atoms with Gasteiger partial charge in [0.1, 0.15) is 0 Å². The number of fused-ring (bicyclic) bond motifs is 1. The third kappa shape index (κ3) is 4.47. The molecule has 2 heterocycles. The van der Waals surface area contributed by atoms with Crippen molar-refractivity contribution in [2.75, 3.05) is 5.32 Å². The standard InChI is InChI=1S/C21H17N5O5/c27-19(24-15-12-22-20(23-13-15)14-5-2-1-3-6-14)7-4-10-25-17-9-8-16(26(29)30)11-18(17)31-21(25)28/h1-3,5-6,8-9,11-13H,4,7,10H2,(H,24,27). The van der Waals surface area contributed by atoms with E-state index in [9.17, 15) is 19.7 Å². The molecular formula is C21H17N5O5. The molecule has 1 N–H and O–H groups in total. The minimum Gasteiger partial charge on any atom is -0.407 e. The molecule has 0 saturated carbocycles. The van der Waals surface area contributed by atoms with Gasteiger partial charge in [-0.2, -0.15) is 0 Å². The highest BCUT2D eigenvalue weighted by atomic mass is 16.6. The molecular weight excluding hydrogens is 402 g/mol. The predicted octanol–water partition coefficient (Wildman–Crippen LogP) is 3.38. The van der Waals surface area contributed by atoms with Crippen molar-refractivity contribution in [3.05, 3.63) is 81.6 Å². The number of oxazole rings is 1. The first-order chi connectivity index (χ1) is 15.0. The molecule has 1 amide bonds. The van der Waals surface area contributed by atoms with Crippen molar-refractivity contribution in [1.29, 1.82) is 0 Å². The van der Waals surface area contributed by atoms with Crippen LogP contribution in [0.2, 0.25) is 0 Å². The van der Waals surface area contributed by atoms with Gasteiger partial charge in [-0.1, -0.05) is 30.3 Å². The zero-order valence-electron chi connectivity index (χ0n) is 16.2. The first-order valence-electron chi connectivity index (χ1n) is 9.46. The summed E-state index contributed by atoms with van der Waals surface area (Å²) in [5, 5.41) is 13.6. The molecule has 10 nitrogen and oxygen atoms in total. The lowest BCUT2D eigenvalue weighted by molar-refractivity contribution is -0.384. The quantitative estimate of drug-likeness (QED) is 0.358. The van der Waals surface area contributed by atoms with E-state index >= 15 is 0 Å². The van der Waals surface area contributed by atoms with Gasteiger partial charge in [-0.05, 0) is 12.5 Å². The summed E-state index contributed by atoms with van der Waals surface area (Å²) in [6.45, 7) is 0.237. The highest BCUT2D eigenvalue weighted by Gasteiger charge is 2.14. The Labute approximate surface area is 175 Å². The first-order valence-corrected chi connectivity index (χ1v) is 9.46. The van der Waals surface area contributed by atoms with E-state index in [1.54, 1.807) is 0 Å². The van der Waals surface area contributed by atoms with Crippen LogP contribution in [0.25, 0.3) is 22.5 Å². The molecule has 0 aliphatic carbocycles. The number of hydrogen-bond donors (Lipinski definition) is 1. The Morgan fingerprint density at radius 2 is 1.87 bits per heavy atom. The lowest BCUT2D eigenvalue weighted by atomic mass is 10.2. The number of aromatic nitrogens is 3.